The van der Waals surface area contributed by atoms with Crippen molar-refractivity contribution in [1.82, 2.24) is 9.80 Å². The van der Waals surface area contributed by atoms with Crippen molar-refractivity contribution < 1.29 is 4.79 Å². The Bertz CT molecular complexity index is 255. The molecule has 0 spiro atoms. The molecule has 0 aromatic rings. The van der Waals surface area contributed by atoms with Crippen molar-refractivity contribution in [3.63, 3.8) is 0 Å². The molecule has 1 aliphatic heterocycles. The summed E-state index contributed by atoms with van der Waals surface area (Å²) < 4.78 is 0. The number of nitrogens with two attached hydrogens (primary N) is 1. The van der Waals surface area contributed by atoms with E-state index in [4.69, 9.17) is 5.73 Å². The number of hydrogen-bond donors (Lipinski definition) is 1. The van der Waals surface area contributed by atoms with Gasteiger partial charge >= 0.3 is 0 Å². The maximum Gasteiger partial charge on any atom is 0.222 e. The Morgan fingerprint density at radius 2 is 2.17 bits per heavy atom. The van der Waals surface area contributed by atoms with E-state index in [1.807, 2.05) is 14.1 Å². The minimum absolute atomic E-state index is 0.225. The summed E-state index contributed by atoms with van der Waals surface area (Å²) >= 11 is 0. The van der Waals surface area contributed by atoms with Crippen LogP contribution in [-0.2, 0) is 4.79 Å². The predicted octanol–water partition coefficient (Wildman–Crippen LogP) is 1.30. The molecule has 1 heterocycles. The van der Waals surface area contributed by atoms with E-state index in [2.05, 4.69) is 11.8 Å². The lowest BCUT2D eigenvalue weighted by Gasteiger charge is -2.38. The molecule has 0 bridgehead atoms. The Labute approximate surface area is 111 Å². The molecule has 106 valence electrons. The van der Waals surface area contributed by atoms with Gasteiger partial charge < -0.3 is 10.6 Å². The van der Waals surface area contributed by atoms with Gasteiger partial charge in [0.1, 0.15) is 0 Å². The number of amides is 1. The fourth-order valence-corrected chi connectivity index (χ4v) is 2.75. The maximum atomic E-state index is 11.5. The van der Waals surface area contributed by atoms with Crippen molar-refractivity contribution >= 4 is 5.91 Å². The molecule has 2 unspecified atom stereocenters. The normalized spacial score (nSPS) is 25.1. The monoisotopic (exact) mass is 255 g/mol. The number of nitrogens with zero attached hydrogens (tertiary/aromatic N) is 2. The van der Waals surface area contributed by atoms with E-state index >= 15 is 0 Å². The average molecular weight is 255 g/mol. The fourth-order valence-electron chi connectivity index (χ4n) is 2.75. The quantitative estimate of drug-likeness (QED) is 0.778. The predicted molar refractivity (Wildman–Crippen MR) is 75.4 cm³/mol. The highest BCUT2D eigenvalue weighted by atomic mass is 16.2. The van der Waals surface area contributed by atoms with Crippen LogP contribution >= 0.6 is 0 Å². The van der Waals surface area contributed by atoms with E-state index in [9.17, 15) is 4.79 Å². The van der Waals surface area contributed by atoms with Crippen molar-refractivity contribution in [3.8, 4) is 0 Å². The molecule has 0 saturated carbocycles. The maximum absolute atomic E-state index is 11.5. The first-order valence-corrected chi connectivity index (χ1v) is 7.22. The van der Waals surface area contributed by atoms with E-state index in [1.54, 1.807) is 4.90 Å². The van der Waals surface area contributed by atoms with Crippen molar-refractivity contribution in [2.75, 3.05) is 33.7 Å². The van der Waals surface area contributed by atoms with Crippen LogP contribution in [-0.4, -0.2) is 55.5 Å². The highest BCUT2D eigenvalue weighted by molar-refractivity contribution is 5.75. The van der Waals surface area contributed by atoms with Crippen LogP contribution in [0.2, 0.25) is 0 Å². The Hall–Kier alpha value is -0.610. The Kier molecular flexibility index (Phi) is 6.65. The first-order valence-electron chi connectivity index (χ1n) is 7.22. The van der Waals surface area contributed by atoms with Crippen molar-refractivity contribution in [2.45, 2.75) is 45.1 Å². The molecule has 2 atom stereocenters. The van der Waals surface area contributed by atoms with Crippen molar-refractivity contribution in [2.24, 2.45) is 11.7 Å². The average Bonchev–Trinajstić information content (AvgIpc) is 2.38. The number of carbonyl (C=O) groups excluding carboxylic acids is 1. The standard InChI is InChI=1S/C14H29N3O/c1-4-12-7-9-17(13(10-12)11-15)8-5-6-14(18)16(2)3/h12-13H,4-11,15H2,1-3H3. The van der Waals surface area contributed by atoms with Gasteiger partial charge in [-0.15, -0.1) is 0 Å². The van der Waals surface area contributed by atoms with Gasteiger partial charge in [0.25, 0.3) is 0 Å². The summed E-state index contributed by atoms with van der Waals surface area (Å²) in [5, 5.41) is 0. The summed E-state index contributed by atoms with van der Waals surface area (Å²) in [6, 6.07) is 0.526. The van der Waals surface area contributed by atoms with Crippen LogP contribution in [0.3, 0.4) is 0 Å². The van der Waals surface area contributed by atoms with E-state index in [1.165, 1.54) is 19.3 Å². The van der Waals surface area contributed by atoms with E-state index in [0.29, 0.717) is 12.5 Å². The molecule has 0 radical (unpaired) electrons. The minimum Gasteiger partial charge on any atom is -0.349 e. The zero-order chi connectivity index (χ0) is 13.5. The van der Waals surface area contributed by atoms with E-state index < -0.39 is 0 Å². The smallest absolute Gasteiger partial charge is 0.222 e. The molecule has 0 aromatic carbocycles. The molecule has 1 fully saturated rings. The van der Waals surface area contributed by atoms with Crippen LogP contribution < -0.4 is 5.73 Å². The van der Waals surface area contributed by atoms with E-state index in [0.717, 1.165) is 32.0 Å². The lowest BCUT2D eigenvalue weighted by Crippen LogP contribution is -2.47. The molecule has 1 rings (SSSR count). The summed E-state index contributed by atoms with van der Waals surface area (Å²) in [6.45, 7) is 5.18. The van der Waals surface area contributed by atoms with Gasteiger partial charge in [0.2, 0.25) is 5.91 Å². The lowest BCUT2D eigenvalue weighted by molar-refractivity contribution is -0.128. The summed E-state index contributed by atoms with van der Waals surface area (Å²) in [5.41, 5.74) is 5.87. The van der Waals surface area contributed by atoms with Gasteiger partial charge in [-0.25, -0.2) is 0 Å². The molecule has 2 N–H and O–H groups in total. The molecule has 1 aliphatic rings. The number of piperidine rings is 1. The summed E-state index contributed by atoms with van der Waals surface area (Å²) in [4.78, 5) is 15.7. The molecular formula is C14H29N3O. The highest BCUT2D eigenvalue weighted by Crippen LogP contribution is 2.25. The van der Waals surface area contributed by atoms with Crippen LogP contribution in [0.1, 0.15) is 39.0 Å². The van der Waals surface area contributed by atoms with Gasteiger partial charge in [-0.1, -0.05) is 13.3 Å². The van der Waals surface area contributed by atoms with Gasteiger partial charge in [0.15, 0.2) is 0 Å². The fraction of sp³-hybridized carbons (Fsp3) is 0.929. The second kappa shape index (κ2) is 7.74. The number of hydrogen-bond acceptors (Lipinski definition) is 3. The highest BCUT2D eigenvalue weighted by Gasteiger charge is 2.26. The van der Waals surface area contributed by atoms with Crippen LogP contribution in [0.15, 0.2) is 0 Å². The van der Waals surface area contributed by atoms with Gasteiger partial charge in [-0.3, -0.25) is 9.69 Å². The molecule has 0 aromatic heterocycles. The summed E-state index contributed by atoms with van der Waals surface area (Å²) in [7, 11) is 3.63. The number of carbonyl (C=O) groups is 1. The largest absolute Gasteiger partial charge is 0.349 e. The zero-order valence-corrected chi connectivity index (χ0v) is 12.2. The third-order valence-corrected chi connectivity index (χ3v) is 4.13. The summed E-state index contributed by atoms with van der Waals surface area (Å²) in [5.74, 6) is 1.07. The number of likely N-dealkylation sites (tertiary alicyclic amines) is 1. The molecule has 18 heavy (non-hydrogen) atoms. The number of rotatable bonds is 6. The topological polar surface area (TPSA) is 49.6 Å². The second-order valence-electron chi connectivity index (χ2n) is 5.62. The first-order chi connectivity index (χ1) is 8.58. The molecule has 0 aliphatic carbocycles. The van der Waals surface area contributed by atoms with Gasteiger partial charge in [-0.2, -0.15) is 0 Å². The van der Waals surface area contributed by atoms with Crippen molar-refractivity contribution in [1.29, 1.82) is 0 Å². The Morgan fingerprint density at radius 1 is 1.44 bits per heavy atom. The lowest BCUT2D eigenvalue weighted by atomic mass is 9.89. The summed E-state index contributed by atoms with van der Waals surface area (Å²) in [6.07, 6.45) is 5.38. The minimum atomic E-state index is 0.225. The molecule has 4 nitrogen and oxygen atoms in total. The first kappa shape index (κ1) is 15.4. The van der Waals surface area contributed by atoms with Crippen LogP contribution in [0.5, 0.6) is 0 Å². The SMILES string of the molecule is CCC1CCN(CCCC(=O)N(C)C)C(CN)C1. The van der Waals surface area contributed by atoms with Crippen molar-refractivity contribution in [3.05, 3.63) is 0 Å². The Morgan fingerprint density at radius 3 is 2.72 bits per heavy atom. The van der Waals surface area contributed by atoms with Gasteiger partial charge in [0, 0.05) is 33.1 Å². The zero-order valence-electron chi connectivity index (χ0n) is 12.2. The third-order valence-electron chi connectivity index (χ3n) is 4.13. The van der Waals surface area contributed by atoms with Crippen LogP contribution in [0.25, 0.3) is 0 Å². The second-order valence-corrected chi connectivity index (χ2v) is 5.62. The van der Waals surface area contributed by atoms with Crippen LogP contribution in [0, 0.1) is 5.92 Å². The van der Waals surface area contributed by atoms with Crippen LogP contribution in [0.4, 0.5) is 0 Å². The molecule has 1 saturated heterocycles. The molecule has 4 heteroatoms. The molecule has 1 amide bonds. The van der Waals surface area contributed by atoms with Gasteiger partial charge in [-0.05, 0) is 38.3 Å². The van der Waals surface area contributed by atoms with E-state index in [-0.39, 0.29) is 5.91 Å². The third kappa shape index (κ3) is 4.58. The molecular weight excluding hydrogens is 226 g/mol. The van der Waals surface area contributed by atoms with Gasteiger partial charge in [0.05, 0.1) is 0 Å². The Balaban J connectivity index is 2.30.